The number of phosphoric ester groups is 1. The molecule has 0 heterocycles. The Hall–Kier alpha value is -3.40. The fourth-order valence-electron chi connectivity index (χ4n) is 6.76. The molecule has 0 spiro atoms. The van der Waals surface area contributed by atoms with Gasteiger partial charge < -0.3 is 24.9 Å². The summed E-state index contributed by atoms with van der Waals surface area (Å²) in [6.45, 7) is 4.40. The van der Waals surface area contributed by atoms with Gasteiger partial charge >= 0.3 is 7.82 Å². The Morgan fingerprint density at radius 2 is 0.899 bits per heavy atom. The van der Waals surface area contributed by atoms with Crippen molar-refractivity contribution in [2.45, 2.75) is 193 Å². The minimum atomic E-state index is -4.45. The van der Waals surface area contributed by atoms with E-state index in [1.807, 2.05) is 21.1 Å². The number of quaternary nitrogens is 1. The van der Waals surface area contributed by atoms with E-state index in [9.17, 15) is 24.5 Å². The van der Waals surface area contributed by atoms with Crippen molar-refractivity contribution in [3.8, 4) is 0 Å². The summed E-state index contributed by atoms with van der Waals surface area (Å²) in [5.41, 5.74) is 0. The summed E-state index contributed by atoms with van der Waals surface area (Å²) in [7, 11) is 1.36. The molecule has 0 aliphatic rings. The Bertz CT molecular complexity index is 1600. The molecule has 0 saturated heterocycles. The maximum atomic E-state index is 13.0. The third-order valence-electron chi connectivity index (χ3n) is 11.0. The van der Waals surface area contributed by atoms with Crippen molar-refractivity contribution in [1.29, 1.82) is 0 Å². The van der Waals surface area contributed by atoms with E-state index in [2.05, 4.69) is 153 Å². The summed E-state index contributed by atoms with van der Waals surface area (Å²) in [5, 5.41) is 24.7. The van der Waals surface area contributed by atoms with Crippen LogP contribution in [0.15, 0.2) is 134 Å². The highest BCUT2D eigenvalue weighted by molar-refractivity contribution is 7.47. The van der Waals surface area contributed by atoms with Crippen LogP contribution in [0.5, 0.6) is 0 Å². The first-order valence-corrected chi connectivity index (χ1v) is 28.1. The van der Waals surface area contributed by atoms with Crippen molar-refractivity contribution in [2.24, 2.45) is 0 Å². The second-order valence-electron chi connectivity index (χ2n) is 18.6. The highest BCUT2D eigenvalue weighted by atomic mass is 31.2. The predicted molar refractivity (Wildman–Crippen MR) is 296 cm³/mol. The summed E-state index contributed by atoms with van der Waals surface area (Å²) in [6, 6.07) is -1.08. The second kappa shape index (κ2) is 48.2. The summed E-state index contributed by atoms with van der Waals surface area (Å²) in [4.78, 5) is 23.2. The fourth-order valence-corrected chi connectivity index (χ4v) is 7.49. The topological polar surface area (TPSA) is 125 Å². The third kappa shape index (κ3) is 49.4. The standard InChI is InChI=1S/C59H99N2O7P/c1-6-8-10-12-14-16-18-20-21-22-23-24-25-26-27-28-29-30-31-32-33-34-35-36-37-38-39-40-42-44-46-48-50-52-58(63)60-56(55-68-69(65,66)67-54-53-61(3,4)5)59(64)57(62)51-49-47-45-43-41-19-17-15-13-11-9-7-2/h8,10,14,16,20-21,23-24,26-27,29-30,32-33,35-36,38-39,42-45,56-57,59,62,64H,6-7,9,11-13,15,17-19,22,25,28,31,34,37,40-41,46-55H2,1-5H3,(H-,60,63,65,66)/p+1/b10-8-,16-14-,21-20-,24-23-,27-26-,30-29-,33-32-,36-35-,39-38-,44-42-,45-43+. The van der Waals surface area contributed by atoms with Crippen LogP contribution in [0.2, 0.25) is 0 Å². The van der Waals surface area contributed by atoms with Gasteiger partial charge in [-0.3, -0.25) is 13.8 Å². The minimum absolute atomic E-state index is 0.000219. The van der Waals surface area contributed by atoms with Crippen LogP contribution in [0.1, 0.15) is 174 Å². The molecule has 9 nitrogen and oxygen atoms in total. The molecule has 0 aromatic carbocycles. The quantitative estimate of drug-likeness (QED) is 0.0207. The van der Waals surface area contributed by atoms with Gasteiger partial charge in [-0.1, -0.05) is 186 Å². The van der Waals surface area contributed by atoms with E-state index in [0.29, 0.717) is 30.3 Å². The highest BCUT2D eigenvalue weighted by Crippen LogP contribution is 2.43. The zero-order chi connectivity index (χ0) is 50.8. The lowest BCUT2D eigenvalue weighted by atomic mass is 10.0. The Morgan fingerprint density at radius 3 is 1.33 bits per heavy atom. The smallest absolute Gasteiger partial charge is 0.390 e. The van der Waals surface area contributed by atoms with Crippen LogP contribution in [0, 0.1) is 0 Å². The first kappa shape index (κ1) is 65.6. The number of unbranched alkanes of at least 4 members (excludes halogenated alkanes) is 10. The number of likely N-dealkylation sites (N-methyl/N-ethyl adjacent to an activating group) is 1. The number of nitrogens with one attached hydrogen (secondary N) is 1. The van der Waals surface area contributed by atoms with Gasteiger partial charge in [-0.25, -0.2) is 4.57 Å². The fraction of sp³-hybridized carbons (Fsp3) is 0.610. The van der Waals surface area contributed by atoms with E-state index >= 15 is 0 Å². The molecule has 0 radical (unpaired) electrons. The molecule has 1 amide bonds. The van der Waals surface area contributed by atoms with E-state index < -0.39 is 32.7 Å². The van der Waals surface area contributed by atoms with Crippen LogP contribution < -0.4 is 5.32 Å². The lowest BCUT2D eigenvalue weighted by Crippen LogP contribution is -2.51. The van der Waals surface area contributed by atoms with Crippen molar-refractivity contribution in [3.63, 3.8) is 0 Å². The highest BCUT2D eigenvalue weighted by Gasteiger charge is 2.31. The van der Waals surface area contributed by atoms with Gasteiger partial charge in [0.2, 0.25) is 5.91 Å². The van der Waals surface area contributed by atoms with Crippen LogP contribution in [0.25, 0.3) is 0 Å². The average Bonchev–Trinajstić information content (AvgIpc) is 3.31. The van der Waals surface area contributed by atoms with Crippen LogP contribution in [0.4, 0.5) is 0 Å². The summed E-state index contributed by atoms with van der Waals surface area (Å²) in [6.07, 6.45) is 69.7. The van der Waals surface area contributed by atoms with Crippen molar-refractivity contribution >= 4 is 13.7 Å². The van der Waals surface area contributed by atoms with Gasteiger partial charge in [0.15, 0.2) is 0 Å². The minimum Gasteiger partial charge on any atom is -0.390 e. The number of hydrogen-bond donors (Lipinski definition) is 4. The van der Waals surface area contributed by atoms with Crippen LogP contribution in [-0.2, 0) is 18.4 Å². The van der Waals surface area contributed by atoms with E-state index in [1.54, 1.807) is 0 Å². The van der Waals surface area contributed by atoms with Gasteiger partial charge in [0.1, 0.15) is 19.3 Å². The molecule has 392 valence electrons. The lowest BCUT2D eigenvalue weighted by Gasteiger charge is -2.28. The normalized spacial score (nSPS) is 15.5. The zero-order valence-corrected chi connectivity index (χ0v) is 45.0. The Labute approximate surface area is 422 Å². The number of aliphatic hydroxyl groups is 2. The van der Waals surface area contributed by atoms with Crippen LogP contribution in [-0.4, -0.2) is 84.6 Å². The van der Waals surface area contributed by atoms with Crippen molar-refractivity contribution in [1.82, 2.24) is 5.32 Å². The number of allylic oxidation sites excluding steroid dienone is 22. The molecule has 0 rings (SSSR count). The molecule has 4 N–H and O–H groups in total. The molecule has 0 aromatic heterocycles. The van der Waals surface area contributed by atoms with Gasteiger partial charge in [0, 0.05) is 6.42 Å². The molecule has 0 aliphatic carbocycles. The number of rotatable bonds is 46. The van der Waals surface area contributed by atoms with Crippen LogP contribution in [0.3, 0.4) is 0 Å². The second-order valence-corrected chi connectivity index (χ2v) is 20.1. The summed E-state index contributed by atoms with van der Waals surface area (Å²) in [5.74, 6) is -0.317. The molecule has 0 aliphatic heterocycles. The lowest BCUT2D eigenvalue weighted by molar-refractivity contribution is -0.870. The summed E-state index contributed by atoms with van der Waals surface area (Å²) < 4.78 is 23.5. The van der Waals surface area contributed by atoms with Crippen molar-refractivity contribution in [3.05, 3.63) is 134 Å². The van der Waals surface area contributed by atoms with Gasteiger partial charge in [-0.05, 0) is 116 Å². The SMILES string of the molecule is CC/C=C\C/C=C\C/C=C\C/C=C\C/C=C\C/C=C\C/C=C\C/C=C\C/C=C\C/C=C\CCCCC(=O)NC(COP(=O)(O)OCC[N+](C)(C)C)C(O)C(O)CCC/C=C/CCCCCCCCC. The van der Waals surface area contributed by atoms with Gasteiger partial charge in [0.05, 0.1) is 39.9 Å². The molecule has 69 heavy (non-hydrogen) atoms. The third-order valence-corrected chi connectivity index (χ3v) is 12.0. The molecule has 10 heteroatoms. The number of phosphoric acid groups is 1. The van der Waals surface area contributed by atoms with E-state index in [4.69, 9.17) is 9.05 Å². The van der Waals surface area contributed by atoms with Crippen molar-refractivity contribution in [2.75, 3.05) is 40.9 Å². The molecule has 0 aromatic rings. The number of aliphatic hydroxyl groups excluding tert-OH is 2. The molecule has 0 bridgehead atoms. The maximum Gasteiger partial charge on any atom is 0.472 e. The Kier molecular flexibility index (Phi) is 45.9. The Morgan fingerprint density at radius 1 is 0.522 bits per heavy atom. The number of nitrogens with zero attached hydrogens (tertiary/aromatic N) is 1. The summed E-state index contributed by atoms with van der Waals surface area (Å²) >= 11 is 0. The first-order valence-electron chi connectivity index (χ1n) is 26.6. The van der Waals surface area contributed by atoms with E-state index in [1.165, 1.54) is 44.9 Å². The molecular formula is C59H100N2O7P+. The van der Waals surface area contributed by atoms with Crippen molar-refractivity contribution < 1.29 is 38.0 Å². The molecule has 0 fully saturated rings. The average molecular weight is 980 g/mol. The van der Waals surface area contributed by atoms with Gasteiger partial charge in [-0.15, -0.1) is 0 Å². The number of hydrogen-bond acceptors (Lipinski definition) is 6. The zero-order valence-electron chi connectivity index (χ0n) is 44.1. The molecule has 0 saturated carbocycles. The molecule has 4 unspecified atom stereocenters. The number of carbonyl (C=O) groups excluding carboxylic acids is 1. The van der Waals surface area contributed by atoms with E-state index in [-0.39, 0.29) is 18.9 Å². The Balaban J connectivity index is 4.42. The van der Waals surface area contributed by atoms with Crippen LogP contribution >= 0.6 is 7.82 Å². The monoisotopic (exact) mass is 980 g/mol. The largest absolute Gasteiger partial charge is 0.472 e. The van der Waals surface area contributed by atoms with E-state index in [0.717, 1.165) is 89.9 Å². The van der Waals surface area contributed by atoms with Gasteiger partial charge in [-0.2, -0.15) is 0 Å². The first-order chi connectivity index (χ1) is 33.4. The maximum absolute atomic E-state index is 13.0. The molecular weight excluding hydrogens is 880 g/mol. The molecule has 4 atom stereocenters. The number of carbonyl (C=O) groups is 1. The van der Waals surface area contributed by atoms with Gasteiger partial charge in [0.25, 0.3) is 0 Å². The predicted octanol–water partition coefficient (Wildman–Crippen LogP) is 14.9. The number of amides is 1.